The van der Waals surface area contributed by atoms with Gasteiger partial charge in [0.15, 0.2) is 0 Å². The molecule has 158 valence electrons. The third-order valence-electron chi connectivity index (χ3n) is 2.46. The fourth-order valence-corrected chi connectivity index (χ4v) is 1.54. The summed E-state index contributed by atoms with van der Waals surface area (Å²) in [6, 6.07) is 17.4. The van der Waals surface area contributed by atoms with Crippen molar-refractivity contribution in [3.8, 4) is 5.75 Å². The van der Waals surface area contributed by atoms with Crippen LogP contribution in [0.4, 0.5) is 0 Å². The molecule has 27 heavy (non-hydrogen) atoms. The molecule has 0 saturated heterocycles. The quantitative estimate of drug-likeness (QED) is 0.423. The molecular formula is C22H36NO3Ti-7. The largest absolute Gasteiger partial charge is 0.872 e. The Morgan fingerprint density at radius 1 is 0.815 bits per heavy atom. The average Bonchev–Trinajstić information content (AvgIpc) is 3.15. The molecule has 0 aliphatic heterocycles. The number of fused-ring (bicyclic) bond motifs is 1. The maximum absolute atomic E-state index is 11.5. The molecule has 1 heterocycles. The molecule has 4 nitrogen and oxygen atoms in total. The molecule has 2 N–H and O–H groups in total. The summed E-state index contributed by atoms with van der Waals surface area (Å²) >= 11 is 0. The second-order valence-corrected chi connectivity index (χ2v) is 3.75. The number of aliphatic hydroxyl groups excluding tert-OH is 2. The number of aryl methyl sites for hydroxylation is 1. The van der Waals surface area contributed by atoms with Crippen molar-refractivity contribution in [2.24, 2.45) is 0 Å². The standard InChI is InChI=1S/C10H9NO.C5H5.2CH4O.5CH3.Ti/c1-7-6-11-9-5-3-2-4-8(9)10(7)12;1-2-4-5-3-1;2*1-2;;;;;;/h2-6H,1H3,(H,11,12);1-5H;2*2H,1H3;5*1H3;/q;-1;;;5*-1;/p-1. The number of hydrogen-bond donors (Lipinski definition) is 2. The van der Waals surface area contributed by atoms with Crippen LogP contribution in [0.25, 0.3) is 10.9 Å². The van der Waals surface area contributed by atoms with Crippen molar-refractivity contribution in [2.45, 2.75) is 6.92 Å². The number of para-hydroxylation sites is 1. The van der Waals surface area contributed by atoms with Gasteiger partial charge in [0.2, 0.25) is 0 Å². The molecule has 0 fully saturated rings. The maximum atomic E-state index is 11.5. The SMILES string of the molecule is CO.CO.Cc1cnc2ccccc2c1[O-].[CH3-].[CH3-].[CH3-].[CH3-].[CH3-].[Ti].c1cc[cH-]c1. The molecule has 0 radical (unpaired) electrons. The summed E-state index contributed by atoms with van der Waals surface area (Å²) in [6.45, 7) is 1.78. The van der Waals surface area contributed by atoms with E-state index in [1.807, 2.05) is 48.5 Å². The molecular weight excluding hydrogens is 374 g/mol. The number of aromatic nitrogens is 1. The van der Waals surface area contributed by atoms with Crippen molar-refractivity contribution in [1.29, 1.82) is 0 Å². The molecule has 5 heteroatoms. The molecule has 0 aliphatic rings. The first-order chi connectivity index (χ1) is 10.3. The van der Waals surface area contributed by atoms with Crippen LogP contribution in [-0.4, -0.2) is 29.4 Å². The smallest absolute Gasteiger partial charge is 0.0695 e. The summed E-state index contributed by atoms with van der Waals surface area (Å²) in [6.07, 6.45) is 1.62. The minimum Gasteiger partial charge on any atom is -0.872 e. The molecule has 1 aromatic heterocycles. The predicted octanol–water partition coefficient (Wildman–Crippen LogP) is 4.49. The topological polar surface area (TPSA) is 76.4 Å². The summed E-state index contributed by atoms with van der Waals surface area (Å²) < 4.78 is 0. The van der Waals surface area contributed by atoms with Gasteiger partial charge in [-0.05, 0) is 23.9 Å². The second kappa shape index (κ2) is 29.2. The van der Waals surface area contributed by atoms with Crippen LogP contribution >= 0.6 is 0 Å². The molecule has 0 aliphatic carbocycles. The average molecular weight is 410 g/mol. The molecule has 3 aromatic rings. The fraction of sp³-hybridized carbons (Fsp3) is 0.136. The first kappa shape index (κ1) is 44.7. The van der Waals surface area contributed by atoms with Gasteiger partial charge in [-0.3, -0.25) is 4.98 Å². The monoisotopic (exact) mass is 410 g/mol. The Kier molecular flexibility index (Phi) is 48.3. The van der Waals surface area contributed by atoms with E-state index in [4.69, 9.17) is 10.2 Å². The summed E-state index contributed by atoms with van der Waals surface area (Å²) in [5, 5.41) is 26.2. The molecule has 0 unspecified atom stereocenters. The van der Waals surface area contributed by atoms with Crippen LogP contribution in [0.2, 0.25) is 0 Å². The fourth-order valence-electron chi connectivity index (χ4n) is 1.54. The van der Waals surface area contributed by atoms with E-state index in [0.717, 1.165) is 19.7 Å². The summed E-state index contributed by atoms with van der Waals surface area (Å²) in [7, 11) is 2.00. The van der Waals surface area contributed by atoms with Gasteiger partial charge in [0, 0.05) is 42.1 Å². The molecule has 0 atom stereocenters. The van der Waals surface area contributed by atoms with Crippen molar-refractivity contribution in [2.75, 3.05) is 14.2 Å². The molecule has 0 bridgehead atoms. The van der Waals surface area contributed by atoms with E-state index >= 15 is 0 Å². The molecule has 2 aromatic carbocycles. The minimum absolute atomic E-state index is 0. The maximum Gasteiger partial charge on any atom is 0.0695 e. The van der Waals surface area contributed by atoms with Gasteiger partial charge in [-0.25, -0.2) is 12.1 Å². The van der Waals surface area contributed by atoms with Gasteiger partial charge in [0.05, 0.1) is 5.52 Å². The van der Waals surface area contributed by atoms with Gasteiger partial charge < -0.3 is 52.5 Å². The minimum atomic E-state index is 0. The molecule has 0 amide bonds. The van der Waals surface area contributed by atoms with Gasteiger partial charge in [0.25, 0.3) is 0 Å². The third-order valence-corrected chi connectivity index (χ3v) is 2.46. The summed E-state index contributed by atoms with van der Waals surface area (Å²) in [5.41, 5.74) is 1.47. The van der Waals surface area contributed by atoms with Crippen molar-refractivity contribution in [1.82, 2.24) is 4.98 Å². The zero-order valence-electron chi connectivity index (χ0n) is 18.0. The number of rotatable bonds is 0. The van der Waals surface area contributed by atoms with E-state index < -0.39 is 0 Å². The Bertz CT molecular complexity index is 582. The predicted molar refractivity (Wildman–Crippen MR) is 116 cm³/mol. The van der Waals surface area contributed by atoms with Gasteiger partial charge >= 0.3 is 0 Å². The van der Waals surface area contributed by atoms with Crippen LogP contribution in [0.5, 0.6) is 5.75 Å². The first-order valence-corrected chi connectivity index (χ1v) is 6.36. The molecule has 0 saturated carbocycles. The molecule has 0 spiro atoms. The second-order valence-electron chi connectivity index (χ2n) is 3.75. The number of pyridine rings is 1. The van der Waals surface area contributed by atoms with Gasteiger partial charge in [-0.1, -0.05) is 23.9 Å². The van der Waals surface area contributed by atoms with E-state index in [2.05, 4.69) is 4.98 Å². The van der Waals surface area contributed by atoms with Crippen LogP contribution in [0.15, 0.2) is 60.8 Å². The Labute approximate surface area is 183 Å². The number of benzene rings is 1. The zero-order chi connectivity index (χ0) is 16.1. The Morgan fingerprint density at radius 2 is 1.26 bits per heavy atom. The summed E-state index contributed by atoms with van der Waals surface area (Å²) in [4.78, 5) is 4.14. The summed E-state index contributed by atoms with van der Waals surface area (Å²) in [5.74, 6) is 0.0839. The van der Waals surface area contributed by atoms with E-state index in [1.54, 1.807) is 19.2 Å². The Hall–Kier alpha value is -1.59. The van der Waals surface area contributed by atoms with Crippen molar-refractivity contribution >= 4 is 10.9 Å². The van der Waals surface area contributed by atoms with E-state index in [9.17, 15) is 5.11 Å². The van der Waals surface area contributed by atoms with Crippen LogP contribution < -0.4 is 5.11 Å². The van der Waals surface area contributed by atoms with Crippen LogP contribution in [-0.2, 0) is 21.7 Å². The van der Waals surface area contributed by atoms with E-state index in [0.29, 0.717) is 10.9 Å². The van der Waals surface area contributed by atoms with Gasteiger partial charge in [-0.2, -0.15) is 18.2 Å². The Balaban J connectivity index is -0.0000000470. The van der Waals surface area contributed by atoms with Crippen molar-refractivity contribution in [3.63, 3.8) is 0 Å². The van der Waals surface area contributed by atoms with Gasteiger partial charge in [-0.15, -0.1) is 0 Å². The van der Waals surface area contributed by atoms with Crippen LogP contribution in [0.3, 0.4) is 0 Å². The van der Waals surface area contributed by atoms with Gasteiger partial charge in [0.1, 0.15) is 0 Å². The Morgan fingerprint density at radius 3 is 1.67 bits per heavy atom. The zero-order valence-corrected chi connectivity index (χ0v) is 19.6. The number of aliphatic hydroxyl groups is 2. The third kappa shape index (κ3) is 16.3. The van der Waals surface area contributed by atoms with Crippen LogP contribution in [0.1, 0.15) is 5.56 Å². The number of nitrogens with zero attached hydrogens (tertiary/aromatic N) is 1. The van der Waals surface area contributed by atoms with E-state index in [-0.39, 0.29) is 64.6 Å². The number of hydrogen-bond acceptors (Lipinski definition) is 4. The van der Waals surface area contributed by atoms with E-state index in [1.165, 1.54) is 0 Å². The van der Waals surface area contributed by atoms with Crippen molar-refractivity contribution in [3.05, 3.63) is 103 Å². The normalized spacial score (nSPS) is 6.56. The van der Waals surface area contributed by atoms with Crippen LogP contribution in [0, 0.1) is 44.1 Å². The molecule has 3 rings (SSSR count). The van der Waals surface area contributed by atoms with Crippen molar-refractivity contribution < 1.29 is 37.0 Å². The first-order valence-electron chi connectivity index (χ1n) is 6.36.